The molecule has 4 heteroatoms. The van der Waals surface area contributed by atoms with Crippen molar-refractivity contribution in [2.75, 3.05) is 5.32 Å². The number of aryl methyl sites for hydroxylation is 1. The molecule has 0 aliphatic carbocycles. The number of nitrogens with one attached hydrogen (secondary N) is 2. The van der Waals surface area contributed by atoms with E-state index in [0.29, 0.717) is 6.04 Å². The summed E-state index contributed by atoms with van der Waals surface area (Å²) in [6, 6.07) is 8.99. The van der Waals surface area contributed by atoms with Gasteiger partial charge in [-0.1, -0.05) is 12.1 Å². The summed E-state index contributed by atoms with van der Waals surface area (Å²) in [5.41, 5.74) is 5.85. The molecular formula is C17H22N4. The molecule has 0 aliphatic rings. The standard InChI is InChI=1S/C17H22N4/c1-11(2)21-13(4)17(12(3)20-21)19-10-14-5-6-15-7-8-18-16(15)9-14/h5-9,11,18-19H,10H2,1-4H3. The lowest BCUT2D eigenvalue weighted by Gasteiger charge is -2.10. The van der Waals surface area contributed by atoms with Gasteiger partial charge in [-0.05, 0) is 50.8 Å². The van der Waals surface area contributed by atoms with Gasteiger partial charge < -0.3 is 10.3 Å². The fourth-order valence-corrected chi connectivity index (χ4v) is 2.82. The van der Waals surface area contributed by atoms with E-state index in [1.807, 2.05) is 6.20 Å². The molecule has 0 aliphatic heterocycles. The number of benzene rings is 1. The van der Waals surface area contributed by atoms with Gasteiger partial charge >= 0.3 is 0 Å². The molecule has 0 saturated carbocycles. The van der Waals surface area contributed by atoms with Crippen LogP contribution in [-0.4, -0.2) is 14.8 Å². The summed E-state index contributed by atoms with van der Waals surface area (Å²) in [6.45, 7) is 9.30. The summed E-state index contributed by atoms with van der Waals surface area (Å²) in [6.07, 6.45) is 1.98. The fourth-order valence-electron chi connectivity index (χ4n) is 2.82. The Kier molecular flexibility index (Phi) is 3.45. The number of aromatic amines is 1. The van der Waals surface area contributed by atoms with E-state index < -0.39 is 0 Å². The molecule has 110 valence electrons. The molecule has 21 heavy (non-hydrogen) atoms. The lowest BCUT2D eigenvalue weighted by atomic mass is 10.1. The van der Waals surface area contributed by atoms with Gasteiger partial charge in [0.05, 0.1) is 17.1 Å². The summed E-state index contributed by atoms with van der Waals surface area (Å²) in [7, 11) is 0. The van der Waals surface area contributed by atoms with Crippen molar-refractivity contribution >= 4 is 16.6 Å². The first kappa shape index (κ1) is 13.7. The highest BCUT2D eigenvalue weighted by Gasteiger charge is 2.12. The van der Waals surface area contributed by atoms with E-state index in [0.717, 1.165) is 17.9 Å². The maximum absolute atomic E-state index is 4.61. The zero-order chi connectivity index (χ0) is 15.0. The van der Waals surface area contributed by atoms with Crippen LogP contribution < -0.4 is 5.32 Å². The Labute approximate surface area is 125 Å². The van der Waals surface area contributed by atoms with Crippen LogP contribution in [0.5, 0.6) is 0 Å². The maximum atomic E-state index is 4.61. The van der Waals surface area contributed by atoms with Gasteiger partial charge in [-0.25, -0.2) is 0 Å². The number of H-pyrrole nitrogens is 1. The lowest BCUT2D eigenvalue weighted by molar-refractivity contribution is 0.516. The Bertz CT molecular complexity index is 764. The summed E-state index contributed by atoms with van der Waals surface area (Å²) < 4.78 is 2.08. The molecule has 0 spiro atoms. The van der Waals surface area contributed by atoms with Gasteiger partial charge in [0, 0.05) is 24.3 Å². The molecule has 3 aromatic rings. The smallest absolute Gasteiger partial charge is 0.0828 e. The number of hydrogen-bond acceptors (Lipinski definition) is 2. The Hall–Kier alpha value is -2.23. The second-order valence-corrected chi connectivity index (χ2v) is 5.84. The summed E-state index contributed by atoms with van der Waals surface area (Å²) in [4.78, 5) is 3.26. The lowest BCUT2D eigenvalue weighted by Crippen LogP contribution is -2.06. The Morgan fingerprint density at radius 3 is 2.76 bits per heavy atom. The normalized spacial score (nSPS) is 11.5. The molecular weight excluding hydrogens is 260 g/mol. The first-order valence-corrected chi connectivity index (χ1v) is 7.42. The van der Waals surface area contributed by atoms with Gasteiger partial charge in [-0.15, -0.1) is 0 Å². The van der Waals surface area contributed by atoms with Crippen molar-refractivity contribution in [1.29, 1.82) is 0 Å². The monoisotopic (exact) mass is 282 g/mol. The van der Waals surface area contributed by atoms with Crippen LogP contribution in [0.1, 0.15) is 36.8 Å². The average Bonchev–Trinajstić information content (AvgIpc) is 3.01. The second-order valence-electron chi connectivity index (χ2n) is 5.84. The van der Waals surface area contributed by atoms with E-state index in [2.05, 4.69) is 72.0 Å². The van der Waals surface area contributed by atoms with Crippen LogP contribution in [0, 0.1) is 13.8 Å². The molecule has 0 radical (unpaired) electrons. The highest BCUT2D eigenvalue weighted by atomic mass is 15.3. The van der Waals surface area contributed by atoms with Crippen LogP contribution in [0.3, 0.4) is 0 Å². The quantitative estimate of drug-likeness (QED) is 0.754. The van der Waals surface area contributed by atoms with E-state index >= 15 is 0 Å². The number of fused-ring (bicyclic) bond motifs is 1. The molecule has 0 amide bonds. The van der Waals surface area contributed by atoms with Crippen molar-refractivity contribution in [3.8, 4) is 0 Å². The zero-order valence-corrected chi connectivity index (χ0v) is 13.1. The Morgan fingerprint density at radius 2 is 2.05 bits per heavy atom. The van der Waals surface area contributed by atoms with Gasteiger partial charge in [0.15, 0.2) is 0 Å². The minimum Gasteiger partial charge on any atom is -0.378 e. The third-order valence-electron chi connectivity index (χ3n) is 3.90. The third kappa shape index (κ3) is 2.53. The molecule has 2 heterocycles. The molecule has 2 aromatic heterocycles. The van der Waals surface area contributed by atoms with Crippen LogP contribution in [0.25, 0.3) is 10.9 Å². The molecule has 0 bridgehead atoms. The fraction of sp³-hybridized carbons (Fsp3) is 0.353. The second kappa shape index (κ2) is 5.28. The van der Waals surface area contributed by atoms with Crippen molar-refractivity contribution in [3.63, 3.8) is 0 Å². The molecule has 0 fully saturated rings. The van der Waals surface area contributed by atoms with E-state index in [4.69, 9.17) is 0 Å². The highest BCUT2D eigenvalue weighted by Crippen LogP contribution is 2.23. The zero-order valence-electron chi connectivity index (χ0n) is 13.1. The van der Waals surface area contributed by atoms with Crippen molar-refractivity contribution in [3.05, 3.63) is 47.4 Å². The number of aromatic nitrogens is 3. The van der Waals surface area contributed by atoms with Crippen molar-refractivity contribution in [2.24, 2.45) is 0 Å². The van der Waals surface area contributed by atoms with Crippen LogP contribution in [0.15, 0.2) is 30.5 Å². The molecule has 3 rings (SSSR count). The van der Waals surface area contributed by atoms with E-state index in [1.165, 1.54) is 22.2 Å². The summed E-state index contributed by atoms with van der Waals surface area (Å²) >= 11 is 0. The minimum atomic E-state index is 0.384. The predicted molar refractivity (Wildman–Crippen MR) is 87.7 cm³/mol. The van der Waals surface area contributed by atoms with Crippen molar-refractivity contribution in [1.82, 2.24) is 14.8 Å². The minimum absolute atomic E-state index is 0.384. The van der Waals surface area contributed by atoms with Crippen LogP contribution >= 0.6 is 0 Å². The number of nitrogens with zero attached hydrogens (tertiary/aromatic N) is 2. The van der Waals surface area contributed by atoms with Crippen LogP contribution in [0.4, 0.5) is 5.69 Å². The number of anilines is 1. The number of rotatable bonds is 4. The first-order chi connectivity index (χ1) is 10.1. The van der Waals surface area contributed by atoms with E-state index in [-0.39, 0.29) is 0 Å². The largest absolute Gasteiger partial charge is 0.378 e. The van der Waals surface area contributed by atoms with Crippen molar-refractivity contribution < 1.29 is 0 Å². The molecule has 0 saturated heterocycles. The molecule has 2 N–H and O–H groups in total. The molecule has 4 nitrogen and oxygen atoms in total. The van der Waals surface area contributed by atoms with Crippen molar-refractivity contribution in [2.45, 2.75) is 40.3 Å². The maximum Gasteiger partial charge on any atom is 0.0828 e. The Balaban J connectivity index is 1.81. The van der Waals surface area contributed by atoms with E-state index in [9.17, 15) is 0 Å². The predicted octanol–water partition coefficient (Wildman–Crippen LogP) is 4.17. The molecule has 0 atom stereocenters. The topological polar surface area (TPSA) is 45.6 Å². The van der Waals surface area contributed by atoms with Gasteiger partial charge in [0.25, 0.3) is 0 Å². The first-order valence-electron chi connectivity index (χ1n) is 7.42. The highest BCUT2D eigenvalue weighted by molar-refractivity contribution is 5.79. The summed E-state index contributed by atoms with van der Waals surface area (Å²) in [5.74, 6) is 0. The van der Waals surface area contributed by atoms with E-state index in [1.54, 1.807) is 0 Å². The third-order valence-corrected chi connectivity index (χ3v) is 3.90. The average molecular weight is 282 g/mol. The van der Waals surface area contributed by atoms with Crippen LogP contribution in [0.2, 0.25) is 0 Å². The van der Waals surface area contributed by atoms with Gasteiger partial charge in [-0.2, -0.15) is 5.10 Å². The van der Waals surface area contributed by atoms with Gasteiger partial charge in [0.2, 0.25) is 0 Å². The van der Waals surface area contributed by atoms with Gasteiger partial charge in [-0.3, -0.25) is 4.68 Å². The Morgan fingerprint density at radius 1 is 1.24 bits per heavy atom. The van der Waals surface area contributed by atoms with Gasteiger partial charge in [0.1, 0.15) is 0 Å². The summed E-state index contributed by atoms with van der Waals surface area (Å²) in [5, 5.41) is 9.39. The molecule has 0 unspecified atom stereocenters. The van der Waals surface area contributed by atoms with Crippen LogP contribution in [-0.2, 0) is 6.54 Å². The SMILES string of the molecule is Cc1nn(C(C)C)c(C)c1NCc1ccc2cc[nH]c2c1. The number of hydrogen-bond donors (Lipinski definition) is 2. The molecule has 1 aromatic carbocycles.